The van der Waals surface area contributed by atoms with Gasteiger partial charge in [0.05, 0.1) is 12.1 Å². The van der Waals surface area contributed by atoms with Gasteiger partial charge >= 0.3 is 0 Å². The van der Waals surface area contributed by atoms with Crippen LogP contribution in [0.2, 0.25) is 0 Å². The molecule has 0 saturated carbocycles. The number of Topliss-reactive ketones (excluding diaryl/α,β-unsaturated/α-hetero) is 1. The Balaban J connectivity index is 2.38. The maximum absolute atomic E-state index is 13.1. The van der Waals surface area contributed by atoms with Crippen LogP contribution in [0.5, 0.6) is 0 Å². The van der Waals surface area contributed by atoms with Gasteiger partial charge in [-0.05, 0) is 36.8 Å². The summed E-state index contributed by atoms with van der Waals surface area (Å²) in [7, 11) is 0. The van der Waals surface area contributed by atoms with E-state index in [0.29, 0.717) is 5.56 Å². The average molecular weight is 263 g/mol. The molecule has 1 aromatic carbocycles. The zero-order valence-corrected chi connectivity index (χ0v) is 10.2. The highest BCUT2D eigenvalue weighted by Gasteiger charge is 2.08. The molecule has 0 N–H and O–H groups in total. The van der Waals surface area contributed by atoms with Crippen molar-refractivity contribution in [2.45, 2.75) is 13.5 Å². The fourth-order valence-corrected chi connectivity index (χ4v) is 1.76. The highest BCUT2D eigenvalue weighted by molar-refractivity contribution is 5.93. The van der Waals surface area contributed by atoms with E-state index >= 15 is 0 Å². The minimum Gasteiger partial charge on any atom is -0.310 e. The summed E-state index contributed by atoms with van der Waals surface area (Å²) in [5.74, 6) is -2.23. The van der Waals surface area contributed by atoms with Crippen LogP contribution in [0, 0.1) is 11.6 Å². The van der Waals surface area contributed by atoms with Crippen LogP contribution < -0.4 is 5.56 Å². The average Bonchev–Trinajstić information content (AvgIpc) is 2.36. The Morgan fingerprint density at radius 1 is 1.21 bits per heavy atom. The summed E-state index contributed by atoms with van der Waals surface area (Å²) in [4.78, 5) is 23.2. The van der Waals surface area contributed by atoms with Crippen LogP contribution in [0.3, 0.4) is 0 Å². The molecule has 0 amide bonds. The number of carbonyl (C=O) groups excluding carboxylic acids is 1. The predicted molar refractivity (Wildman–Crippen MR) is 66.2 cm³/mol. The van der Waals surface area contributed by atoms with Gasteiger partial charge < -0.3 is 4.57 Å². The highest BCUT2D eigenvalue weighted by Crippen LogP contribution is 2.09. The van der Waals surface area contributed by atoms with Gasteiger partial charge in [-0.25, -0.2) is 8.78 Å². The molecule has 0 bridgehead atoms. The van der Waals surface area contributed by atoms with Crippen LogP contribution in [0.25, 0.3) is 0 Å². The molecule has 2 aromatic rings. The van der Waals surface area contributed by atoms with Gasteiger partial charge in [-0.1, -0.05) is 6.07 Å². The summed E-state index contributed by atoms with van der Waals surface area (Å²) < 4.78 is 27.2. The summed E-state index contributed by atoms with van der Waals surface area (Å²) in [6, 6.07) is 6.43. The van der Waals surface area contributed by atoms with Gasteiger partial charge in [0.25, 0.3) is 5.56 Å². The lowest BCUT2D eigenvalue weighted by Gasteiger charge is -2.07. The molecule has 0 aliphatic carbocycles. The third-order valence-electron chi connectivity index (χ3n) is 2.74. The molecule has 0 aliphatic rings. The van der Waals surface area contributed by atoms with Gasteiger partial charge in [0, 0.05) is 6.20 Å². The quantitative estimate of drug-likeness (QED) is 0.797. The van der Waals surface area contributed by atoms with Crippen LogP contribution in [0.1, 0.15) is 22.8 Å². The van der Waals surface area contributed by atoms with E-state index in [0.717, 1.165) is 12.1 Å². The third-order valence-corrected chi connectivity index (χ3v) is 2.74. The Labute approximate surface area is 108 Å². The van der Waals surface area contributed by atoms with E-state index in [4.69, 9.17) is 0 Å². The van der Waals surface area contributed by atoms with Crippen molar-refractivity contribution < 1.29 is 13.6 Å². The highest BCUT2D eigenvalue weighted by atomic mass is 19.2. The van der Waals surface area contributed by atoms with Crippen molar-refractivity contribution >= 4 is 5.78 Å². The number of hydrogen-bond donors (Lipinski definition) is 0. The molecule has 1 aromatic heterocycles. The van der Waals surface area contributed by atoms with Gasteiger partial charge in [-0.3, -0.25) is 9.59 Å². The van der Waals surface area contributed by atoms with E-state index in [1.54, 1.807) is 6.07 Å². The summed E-state index contributed by atoms with van der Waals surface area (Å²) in [5, 5.41) is 0. The summed E-state index contributed by atoms with van der Waals surface area (Å²) in [6.45, 7) is 1.38. The Bertz CT molecular complexity index is 692. The van der Waals surface area contributed by atoms with E-state index < -0.39 is 17.2 Å². The lowest BCUT2D eigenvalue weighted by Crippen LogP contribution is -2.25. The van der Waals surface area contributed by atoms with Crippen molar-refractivity contribution in [1.82, 2.24) is 4.57 Å². The van der Waals surface area contributed by atoms with Crippen LogP contribution in [0.15, 0.2) is 41.3 Å². The standard InChI is InChI=1S/C14H11F2NO2/c1-9(18)11-3-2-6-17(14(11)19)8-10-4-5-12(15)13(16)7-10/h2-7H,8H2,1H3. The molecule has 2 rings (SSSR count). The first kappa shape index (κ1) is 13.1. The molecule has 3 nitrogen and oxygen atoms in total. The molecule has 0 radical (unpaired) electrons. The van der Waals surface area contributed by atoms with Crippen LogP contribution >= 0.6 is 0 Å². The molecule has 0 saturated heterocycles. The number of pyridine rings is 1. The maximum atomic E-state index is 13.1. The topological polar surface area (TPSA) is 39.1 Å². The smallest absolute Gasteiger partial charge is 0.261 e. The zero-order chi connectivity index (χ0) is 14.0. The first-order valence-electron chi connectivity index (χ1n) is 5.63. The van der Waals surface area contributed by atoms with Gasteiger partial charge in [0.2, 0.25) is 0 Å². The Morgan fingerprint density at radius 3 is 2.58 bits per heavy atom. The van der Waals surface area contributed by atoms with E-state index in [-0.39, 0.29) is 17.9 Å². The number of benzene rings is 1. The molecule has 0 fully saturated rings. The Kier molecular flexibility index (Phi) is 3.55. The molecule has 19 heavy (non-hydrogen) atoms. The largest absolute Gasteiger partial charge is 0.310 e. The molecule has 98 valence electrons. The second-order valence-electron chi connectivity index (χ2n) is 4.16. The van der Waals surface area contributed by atoms with Gasteiger partial charge in [0.1, 0.15) is 0 Å². The number of nitrogens with zero attached hydrogens (tertiary/aromatic N) is 1. The molecule has 0 unspecified atom stereocenters. The third kappa shape index (κ3) is 2.76. The summed E-state index contributed by atoms with van der Waals surface area (Å²) >= 11 is 0. The molecule has 0 spiro atoms. The van der Waals surface area contributed by atoms with Crippen molar-refractivity contribution in [3.8, 4) is 0 Å². The van der Waals surface area contributed by atoms with Crippen molar-refractivity contribution in [2.75, 3.05) is 0 Å². The monoisotopic (exact) mass is 263 g/mol. The molecule has 0 aliphatic heterocycles. The van der Waals surface area contributed by atoms with Gasteiger partial charge in [-0.15, -0.1) is 0 Å². The summed E-state index contributed by atoms with van der Waals surface area (Å²) in [6.07, 6.45) is 1.50. The fraction of sp³-hybridized carbons (Fsp3) is 0.143. The van der Waals surface area contributed by atoms with Gasteiger partial charge in [0.15, 0.2) is 17.4 Å². The van der Waals surface area contributed by atoms with Crippen LogP contribution in [0.4, 0.5) is 8.78 Å². The van der Waals surface area contributed by atoms with E-state index in [9.17, 15) is 18.4 Å². The minimum absolute atomic E-state index is 0.0742. The van der Waals surface area contributed by atoms with E-state index in [2.05, 4.69) is 0 Å². The molecular weight excluding hydrogens is 252 g/mol. The number of rotatable bonds is 3. The van der Waals surface area contributed by atoms with Crippen LogP contribution in [-0.2, 0) is 6.54 Å². The first-order chi connectivity index (χ1) is 8.99. The van der Waals surface area contributed by atoms with E-state index in [1.807, 2.05) is 0 Å². The predicted octanol–water partition coefficient (Wildman–Crippen LogP) is 2.38. The normalized spacial score (nSPS) is 10.5. The molecule has 0 atom stereocenters. The SMILES string of the molecule is CC(=O)c1cccn(Cc2ccc(F)c(F)c2)c1=O. The van der Waals surface area contributed by atoms with Crippen LogP contribution in [-0.4, -0.2) is 10.4 Å². The lowest BCUT2D eigenvalue weighted by molar-refractivity contribution is 0.101. The second-order valence-corrected chi connectivity index (χ2v) is 4.16. The zero-order valence-electron chi connectivity index (χ0n) is 10.2. The number of aromatic nitrogens is 1. The number of carbonyl (C=O) groups is 1. The van der Waals surface area contributed by atoms with E-state index in [1.165, 1.54) is 29.8 Å². The summed E-state index contributed by atoms with van der Waals surface area (Å²) in [5.41, 5.74) is 0.0755. The van der Waals surface area contributed by atoms with Crippen molar-refractivity contribution in [1.29, 1.82) is 0 Å². The maximum Gasteiger partial charge on any atom is 0.261 e. The van der Waals surface area contributed by atoms with Crippen molar-refractivity contribution in [2.24, 2.45) is 0 Å². The molecular formula is C14H11F2NO2. The molecule has 5 heteroatoms. The van der Waals surface area contributed by atoms with Gasteiger partial charge in [-0.2, -0.15) is 0 Å². The minimum atomic E-state index is -0.965. The number of hydrogen-bond acceptors (Lipinski definition) is 2. The van der Waals surface area contributed by atoms with Crippen molar-refractivity contribution in [3.63, 3.8) is 0 Å². The number of ketones is 1. The first-order valence-corrected chi connectivity index (χ1v) is 5.63. The number of halogens is 2. The fourth-order valence-electron chi connectivity index (χ4n) is 1.76. The Morgan fingerprint density at radius 2 is 1.95 bits per heavy atom. The Hall–Kier alpha value is -2.30. The van der Waals surface area contributed by atoms with Crippen molar-refractivity contribution in [3.05, 3.63) is 69.6 Å². The lowest BCUT2D eigenvalue weighted by atomic mass is 10.2. The molecule has 1 heterocycles. The second kappa shape index (κ2) is 5.14.